The van der Waals surface area contributed by atoms with Crippen LogP contribution in [0.2, 0.25) is 5.02 Å². The van der Waals surface area contributed by atoms with E-state index in [1.807, 2.05) is 25.1 Å². The predicted molar refractivity (Wildman–Crippen MR) is 61.9 cm³/mol. The summed E-state index contributed by atoms with van der Waals surface area (Å²) in [6.45, 7) is 4.07. The molecule has 0 aromatic heterocycles. The molecule has 0 atom stereocenters. The molecule has 1 rings (SSSR count). The maximum absolute atomic E-state index is 11.1. The Balaban J connectivity index is 2.81. The molecule has 0 aliphatic rings. The minimum Gasteiger partial charge on any atom is -0.463 e. The molecule has 0 heterocycles. The molecule has 15 heavy (non-hydrogen) atoms. The van der Waals surface area contributed by atoms with E-state index in [2.05, 4.69) is 0 Å². The van der Waals surface area contributed by atoms with Crippen molar-refractivity contribution < 1.29 is 9.53 Å². The molecule has 0 fully saturated rings. The van der Waals surface area contributed by atoms with Crippen LogP contribution in [0.1, 0.15) is 18.1 Å². The van der Waals surface area contributed by atoms with Crippen LogP contribution in [0.3, 0.4) is 0 Å². The highest BCUT2D eigenvalue weighted by atomic mass is 35.5. The summed E-state index contributed by atoms with van der Waals surface area (Å²) in [5.41, 5.74) is 1.81. The van der Waals surface area contributed by atoms with Gasteiger partial charge in [0.2, 0.25) is 0 Å². The maximum atomic E-state index is 11.1. The molecule has 1 aromatic rings. The van der Waals surface area contributed by atoms with Gasteiger partial charge in [-0.2, -0.15) is 0 Å². The molecular formula is C12H13ClO2. The topological polar surface area (TPSA) is 26.3 Å². The van der Waals surface area contributed by atoms with Crippen molar-refractivity contribution >= 4 is 23.6 Å². The zero-order valence-electron chi connectivity index (χ0n) is 8.79. The van der Waals surface area contributed by atoms with Crippen molar-refractivity contribution in [1.82, 2.24) is 0 Å². The third-order valence-corrected chi connectivity index (χ3v) is 2.42. The number of hydrogen-bond donors (Lipinski definition) is 0. The molecule has 0 radical (unpaired) electrons. The standard InChI is InChI=1S/C12H13ClO2/c1-3-15-11(14)8-7-10-6-4-5-9(2)12(10)13/h4-8H,3H2,1-2H3. The lowest BCUT2D eigenvalue weighted by atomic mass is 10.1. The normalized spacial score (nSPS) is 10.6. The fourth-order valence-corrected chi connectivity index (χ4v) is 1.34. The van der Waals surface area contributed by atoms with Crippen molar-refractivity contribution in [3.63, 3.8) is 0 Å². The number of carbonyl (C=O) groups excluding carboxylic acids is 1. The molecule has 80 valence electrons. The van der Waals surface area contributed by atoms with Crippen LogP contribution in [0, 0.1) is 6.92 Å². The van der Waals surface area contributed by atoms with E-state index in [9.17, 15) is 4.79 Å². The van der Waals surface area contributed by atoms with Crippen LogP contribution >= 0.6 is 11.6 Å². The summed E-state index contributed by atoms with van der Waals surface area (Å²) in [6, 6.07) is 5.67. The molecule has 0 N–H and O–H groups in total. The van der Waals surface area contributed by atoms with E-state index in [1.165, 1.54) is 6.08 Å². The summed E-state index contributed by atoms with van der Waals surface area (Å²) in [6.07, 6.45) is 3.04. The quantitative estimate of drug-likeness (QED) is 0.582. The summed E-state index contributed by atoms with van der Waals surface area (Å²) < 4.78 is 4.76. The van der Waals surface area contributed by atoms with Gasteiger partial charge in [0.1, 0.15) is 0 Å². The fourth-order valence-electron chi connectivity index (χ4n) is 1.15. The Kier molecular flexibility index (Phi) is 4.37. The molecule has 1 aromatic carbocycles. The van der Waals surface area contributed by atoms with Crippen molar-refractivity contribution in [3.05, 3.63) is 40.4 Å². The van der Waals surface area contributed by atoms with Gasteiger partial charge in [0.15, 0.2) is 0 Å². The van der Waals surface area contributed by atoms with Crippen LogP contribution in [0.5, 0.6) is 0 Å². The van der Waals surface area contributed by atoms with Crippen molar-refractivity contribution in [3.8, 4) is 0 Å². The van der Waals surface area contributed by atoms with Gasteiger partial charge in [-0.15, -0.1) is 0 Å². The molecule has 0 spiro atoms. The Morgan fingerprint density at radius 1 is 1.53 bits per heavy atom. The zero-order valence-corrected chi connectivity index (χ0v) is 9.54. The Hall–Kier alpha value is -1.28. The van der Waals surface area contributed by atoms with Gasteiger partial charge in [-0.05, 0) is 31.1 Å². The van der Waals surface area contributed by atoms with Crippen LogP contribution in [0.25, 0.3) is 6.08 Å². The van der Waals surface area contributed by atoms with E-state index in [0.29, 0.717) is 11.6 Å². The van der Waals surface area contributed by atoms with E-state index in [4.69, 9.17) is 16.3 Å². The number of ether oxygens (including phenoxy) is 1. The van der Waals surface area contributed by atoms with Gasteiger partial charge < -0.3 is 4.74 Å². The highest BCUT2D eigenvalue weighted by Gasteiger charge is 2.00. The van der Waals surface area contributed by atoms with Crippen LogP contribution in [0.15, 0.2) is 24.3 Å². The first-order valence-electron chi connectivity index (χ1n) is 4.75. The minimum atomic E-state index is -0.352. The second-order valence-corrected chi connectivity index (χ2v) is 3.44. The number of aryl methyl sites for hydroxylation is 1. The average molecular weight is 225 g/mol. The van der Waals surface area contributed by atoms with Gasteiger partial charge in [-0.25, -0.2) is 4.79 Å². The van der Waals surface area contributed by atoms with E-state index < -0.39 is 0 Å². The van der Waals surface area contributed by atoms with Crippen molar-refractivity contribution in [1.29, 1.82) is 0 Å². The lowest BCUT2D eigenvalue weighted by molar-refractivity contribution is -0.137. The monoisotopic (exact) mass is 224 g/mol. The highest BCUT2D eigenvalue weighted by molar-refractivity contribution is 6.32. The lowest BCUT2D eigenvalue weighted by Crippen LogP contribution is -1.98. The van der Waals surface area contributed by atoms with Gasteiger partial charge in [0, 0.05) is 6.08 Å². The number of rotatable bonds is 3. The number of esters is 1. The first-order valence-corrected chi connectivity index (χ1v) is 5.13. The Morgan fingerprint density at radius 2 is 2.27 bits per heavy atom. The maximum Gasteiger partial charge on any atom is 0.330 e. The number of carbonyl (C=O) groups is 1. The first kappa shape index (κ1) is 11.8. The Labute approximate surface area is 94.5 Å². The summed E-state index contributed by atoms with van der Waals surface area (Å²) in [4.78, 5) is 11.1. The summed E-state index contributed by atoms with van der Waals surface area (Å²) in [5, 5.41) is 0.665. The van der Waals surface area contributed by atoms with Gasteiger partial charge in [-0.3, -0.25) is 0 Å². The number of halogens is 1. The van der Waals surface area contributed by atoms with Crippen LogP contribution in [-0.4, -0.2) is 12.6 Å². The Bertz CT molecular complexity index is 383. The first-order chi connectivity index (χ1) is 7.15. The number of hydrogen-bond acceptors (Lipinski definition) is 2. The van der Waals surface area contributed by atoms with Crippen molar-refractivity contribution in [2.45, 2.75) is 13.8 Å². The molecule has 0 saturated heterocycles. The summed E-state index contributed by atoms with van der Waals surface area (Å²) in [7, 11) is 0. The summed E-state index contributed by atoms with van der Waals surface area (Å²) >= 11 is 6.05. The van der Waals surface area contributed by atoms with Crippen molar-refractivity contribution in [2.24, 2.45) is 0 Å². The molecule has 3 heteroatoms. The second kappa shape index (κ2) is 5.56. The van der Waals surface area contributed by atoms with Gasteiger partial charge in [-0.1, -0.05) is 29.8 Å². The highest BCUT2D eigenvalue weighted by Crippen LogP contribution is 2.21. The third-order valence-electron chi connectivity index (χ3n) is 1.91. The third kappa shape index (κ3) is 3.40. The molecule has 0 saturated carbocycles. The molecule has 0 aliphatic carbocycles. The van der Waals surface area contributed by atoms with Gasteiger partial charge in [0.05, 0.1) is 11.6 Å². The van der Waals surface area contributed by atoms with Crippen LogP contribution in [-0.2, 0) is 9.53 Å². The average Bonchev–Trinajstić information content (AvgIpc) is 2.21. The molecule has 0 unspecified atom stereocenters. The van der Waals surface area contributed by atoms with Gasteiger partial charge >= 0.3 is 5.97 Å². The lowest BCUT2D eigenvalue weighted by Gasteiger charge is -2.01. The SMILES string of the molecule is CCOC(=O)C=Cc1cccc(C)c1Cl. The van der Waals surface area contributed by atoms with E-state index in [0.717, 1.165) is 11.1 Å². The minimum absolute atomic E-state index is 0.352. The van der Waals surface area contributed by atoms with Crippen molar-refractivity contribution in [2.75, 3.05) is 6.61 Å². The van der Waals surface area contributed by atoms with E-state index >= 15 is 0 Å². The van der Waals surface area contributed by atoms with E-state index in [-0.39, 0.29) is 5.97 Å². The van der Waals surface area contributed by atoms with E-state index in [1.54, 1.807) is 13.0 Å². The van der Waals surface area contributed by atoms with Crippen LogP contribution in [0.4, 0.5) is 0 Å². The zero-order chi connectivity index (χ0) is 11.3. The number of benzene rings is 1. The molecule has 0 bridgehead atoms. The van der Waals surface area contributed by atoms with Gasteiger partial charge in [0.25, 0.3) is 0 Å². The predicted octanol–water partition coefficient (Wildman–Crippen LogP) is 3.22. The Morgan fingerprint density at radius 3 is 2.93 bits per heavy atom. The fraction of sp³-hybridized carbons (Fsp3) is 0.250. The molecule has 0 aliphatic heterocycles. The largest absolute Gasteiger partial charge is 0.463 e. The smallest absolute Gasteiger partial charge is 0.330 e. The second-order valence-electron chi connectivity index (χ2n) is 3.06. The molecule has 2 nitrogen and oxygen atoms in total. The van der Waals surface area contributed by atoms with Crippen LogP contribution < -0.4 is 0 Å². The molecular weight excluding hydrogens is 212 g/mol. The molecule has 0 amide bonds. The summed E-state index contributed by atoms with van der Waals surface area (Å²) in [5.74, 6) is -0.352.